The molecule has 0 atom stereocenters. The van der Waals surface area contributed by atoms with Crippen molar-refractivity contribution in [2.24, 2.45) is 0 Å². The van der Waals surface area contributed by atoms with Crippen LogP contribution in [-0.4, -0.2) is 33.7 Å². The Bertz CT molecular complexity index is 1220. The van der Waals surface area contributed by atoms with Crippen molar-refractivity contribution in [2.75, 3.05) is 23.7 Å². The summed E-state index contributed by atoms with van der Waals surface area (Å²) in [5.74, 6) is 0.472. The molecule has 0 saturated heterocycles. The van der Waals surface area contributed by atoms with E-state index in [0.717, 1.165) is 16.3 Å². The molecular weight excluding hydrogens is 507 g/mol. The molecule has 1 amide bonds. The van der Waals surface area contributed by atoms with Gasteiger partial charge in [-0.3, -0.25) is 9.10 Å². The molecule has 0 spiro atoms. The molecule has 174 valence electrons. The van der Waals surface area contributed by atoms with Crippen LogP contribution in [0.25, 0.3) is 0 Å². The maximum absolute atomic E-state index is 12.4. The summed E-state index contributed by atoms with van der Waals surface area (Å²) in [4.78, 5) is 12.4. The van der Waals surface area contributed by atoms with Crippen molar-refractivity contribution in [3.8, 4) is 5.75 Å². The van der Waals surface area contributed by atoms with E-state index in [0.29, 0.717) is 24.3 Å². The molecule has 3 aromatic rings. The Hall–Kier alpha value is -2.45. The number of anilines is 1. The second-order valence-corrected chi connectivity index (χ2v) is 10.2. The Morgan fingerprint density at radius 3 is 2.21 bits per heavy atom. The van der Waals surface area contributed by atoms with E-state index >= 15 is 0 Å². The van der Waals surface area contributed by atoms with Crippen LogP contribution in [0.3, 0.4) is 0 Å². The van der Waals surface area contributed by atoms with Crippen LogP contribution in [0, 0.1) is 0 Å². The van der Waals surface area contributed by atoms with E-state index in [4.69, 9.17) is 39.5 Å². The van der Waals surface area contributed by atoms with Crippen LogP contribution in [0.1, 0.15) is 15.9 Å². The number of carbonyl (C=O) groups is 1. The largest absolute Gasteiger partial charge is 0.492 e. The first-order valence-corrected chi connectivity index (χ1v) is 12.8. The predicted molar refractivity (Wildman–Crippen MR) is 133 cm³/mol. The molecule has 0 fully saturated rings. The zero-order valence-electron chi connectivity index (χ0n) is 17.6. The fourth-order valence-corrected chi connectivity index (χ4v) is 4.55. The standard InChI is InChI=1S/C23H21Cl3N2O4S/c1-33(30,31)28(22-14-20(25)19(24)13-21(22)26)15-16-7-9-17(10-8-16)23(29)27-11-12-32-18-5-3-2-4-6-18/h2-10,13-14H,11-12,15H2,1H3,(H,27,29). The van der Waals surface area contributed by atoms with Gasteiger partial charge < -0.3 is 10.1 Å². The first-order chi connectivity index (χ1) is 15.6. The molecule has 0 aliphatic rings. The minimum atomic E-state index is -3.68. The summed E-state index contributed by atoms with van der Waals surface area (Å²) >= 11 is 18.2. The zero-order chi connectivity index (χ0) is 24.0. The first-order valence-electron chi connectivity index (χ1n) is 9.82. The minimum absolute atomic E-state index is 0.00330. The van der Waals surface area contributed by atoms with Gasteiger partial charge in [-0.2, -0.15) is 0 Å². The zero-order valence-corrected chi connectivity index (χ0v) is 20.7. The summed E-state index contributed by atoms with van der Waals surface area (Å²) < 4.78 is 31.5. The maximum Gasteiger partial charge on any atom is 0.251 e. The van der Waals surface area contributed by atoms with Gasteiger partial charge in [-0.05, 0) is 42.0 Å². The third-order valence-electron chi connectivity index (χ3n) is 4.60. The maximum atomic E-state index is 12.4. The van der Waals surface area contributed by atoms with Crippen LogP contribution in [0.15, 0.2) is 66.7 Å². The molecule has 3 aromatic carbocycles. The van der Waals surface area contributed by atoms with Crippen molar-refractivity contribution in [3.05, 3.63) is 92.9 Å². The number of hydrogen-bond acceptors (Lipinski definition) is 4. The molecule has 0 aliphatic carbocycles. The first kappa shape index (κ1) is 25.2. The van der Waals surface area contributed by atoms with Crippen LogP contribution >= 0.6 is 34.8 Å². The van der Waals surface area contributed by atoms with Crippen molar-refractivity contribution < 1.29 is 17.9 Å². The van der Waals surface area contributed by atoms with Gasteiger partial charge in [-0.25, -0.2) is 8.42 Å². The quantitative estimate of drug-likeness (QED) is 0.298. The topological polar surface area (TPSA) is 75.7 Å². The normalized spacial score (nSPS) is 11.2. The average Bonchev–Trinajstić information content (AvgIpc) is 2.78. The van der Waals surface area contributed by atoms with Gasteiger partial charge in [-0.1, -0.05) is 65.1 Å². The lowest BCUT2D eigenvalue weighted by Gasteiger charge is -2.24. The predicted octanol–water partition coefficient (Wildman–Crippen LogP) is 5.42. The summed E-state index contributed by atoms with van der Waals surface area (Å²) in [5, 5.41) is 3.35. The molecule has 10 heteroatoms. The Morgan fingerprint density at radius 1 is 0.939 bits per heavy atom. The second-order valence-electron chi connectivity index (χ2n) is 7.10. The lowest BCUT2D eigenvalue weighted by Crippen LogP contribution is -2.30. The van der Waals surface area contributed by atoms with E-state index in [1.54, 1.807) is 24.3 Å². The van der Waals surface area contributed by atoms with Crippen molar-refractivity contribution >= 4 is 56.4 Å². The van der Waals surface area contributed by atoms with Gasteiger partial charge in [0, 0.05) is 5.56 Å². The van der Waals surface area contributed by atoms with Gasteiger partial charge in [0.25, 0.3) is 5.91 Å². The third-order valence-corrected chi connectivity index (χ3v) is 6.75. The number of nitrogens with one attached hydrogen (secondary N) is 1. The van der Waals surface area contributed by atoms with Crippen molar-refractivity contribution in [1.29, 1.82) is 0 Å². The SMILES string of the molecule is CS(=O)(=O)N(Cc1ccc(C(=O)NCCOc2ccccc2)cc1)c1cc(Cl)c(Cl)cc1Cl. The van der Waals surface area contributed by atoms with E-state index in [2.05, 4.69) is 5.32 Å². The highest BCUT2D eigenvalue weighted by molar-refractivity contribution is 7.92. The summed E-state index contributed by atoms with van der Waals surface area (Å²) in [6.07, 6.45) is 1.07. The molecule has 33 heavy (non-hydrogen) atoms. The molecule has 6 nitrogen and oxygen atoms in total. The molecule has 0 radical (unpaired) electrons. The molecule has 3 rings (SSSR count). The molecule has 0 saturated carbocycles. The van der Waals surface area contributed by atoms with Crippen LogP contribution < -0.4 is 14.4 Å². The number of amides is 1. The Kier molecular flexibility index (Phi) is 8.48. The van der Waals surface area contributed by atoms with Crippen molar-refractivity contribution in [3.63, 3.8) is 0 Å². The summed E-state index contributed by atoms with van der Waals surface area (Å²) in [7, 11) is -3.68. The summed E-state index contributed by atoms with van der Waals surface area (Å²) in [6, 6.07) is 18.7. The molecular formula is C23H21Cl3N2O4S. The van der Waals surface area contributed by atoms with Gasteiger partial charge >= 0.3 is 0 Å². The fourth-order valence-electron chi connectivity index (χ4n) is 2.96. The molecule has 1 N–H and O–H groups in total. The van der Waals surface area contributed by atoms with E-state index in [1.165, 1.54) is 12.1 Å². The van der Waals surface area contributed by atoms with E-state index in [-0.39, 0.29) is 33.2 Å². The highest BCUT2D eigenvalue weighted by atomic mass is 35.5. The number of ether oxygens (including phenoxy) is 1. The molecule has 0 heterocycles. The lowest BCUT2D eigenvalue weighted by atomic mass is 10.1. The number of halogens is 3. The Morgan fingerprint density at radius 2 is 1.58 bits per heavy atom. The van der Waals surface area contributed by atoms with Gasteiger partial charge in [0.05, 0.1) is 40.1 Å². The number of benzene rings is 3. The lowest BCUT2D eigenvalue weighted by molar-refractivity contribution is 0.0947. The molecule has 0 unspecified atom stereocenters. The number of rotatable bonds is 9. The van der Waals surface area contributed by atoms with Gasteiger partial charge in [0.2, 0.25) is 10.0 Å². The Balaban J connectivity index is 1.64. The summed E-state index contributed by atoms with van der Waals surface area (Å²) in [5.41, 5.74) is 1.32. The third kappa shape index (κ3) is 7.01. The monoisotopic (exact) mass is 526 g/mol. The van der Waals surface area contributed by atoms with Gasteiger partial charge in [0.1, 0.15) is 12.4 Å². The number of carbonyl (C=O) groups excluding carboxylic acids is 1. The van der Waals surface area contributed by atoms with Crippen molar-refractivity contribution in [1.82, 2.24) is 5.32 Å². The number of para-hydroxylation sites is 1. The molecule has 0 bridgehead atoms. The number of hydrogen-bond donors (Lipinski definition) is 1. The highest BCUT2D eigenvalue weighted by Gasteiger charge is 2.22. The molecule has 0 aliphatic heterocycles. The van der Waals surface area contributed by atoms with E-state index in [1.807, 2.05) is 30.3 Å². The van der Waals surface area contributed by atoms with Crippen LogP contribution in [0.2, 0.25) is 15.1 Å². The van der Waals surface area contributed by atoms with Crippen LogP contribution in [0.4, 0.5) is 5.69 Å². The van der Waals surface area contributed by atoms with Gasteiger partial charge in [-0.15, -0.1) is 0 Å². The molecule has 0 aromatic heterocycles. The van der Waals surface area contributed by atoms with Crippen LogP contribution in [-0.2, 0) is 16.6 Å². The highest BCUT2D eigenvalue weighted by Crippen LogP contribution is 2.36. The smallest absolute Gasteiger partial charge is 0.251 e. The van der Waals surface area contributed by atoms with Crippen molar-refractivity contribution in [2.45, 2.75) is 6.54 Å². The van der Waals surface area contributed by atoms with E-state index in [9.17, 15) is 13.2 Å². The number of nitrogens with zero attached hydrogens (tertiary/aromatic N) is 1. The van der Waals surface area contributed by atoms with E-state index < -0.39 is 10.0 Å². The fraction of sp³-hybridized carbons (Fsp3) is 0.174. The number of sulfonamides is 1. The van der Waals surface area contributed by atoms with Gasteiger partial charge in [0.15, 0.2) is 0 Å². The summed E-state index contributed by atoms with van der Waals surface area (Å²) in [6.45, 7) is 0.679. The second kappa shape index (κ2) is 11.1. The Labute approximate surface area is 208 Å². The average molecular weight is 528 g/mol. The van der Waals surface area contributed by atoms with Crippen LogP contribution in [0.5, 0.6) is 5.75 Å². The minimum Gasteiger partial charge on any atom is -0.492 e.